The Balaban J connectivity index is 2.89. The van der Waals surface area contributed by atoms with E-state index in [0.717, 1.165) is 0 Å². The minimum absolute atomic E-state index is 0.230. The lowest BCUT2D eigenvalue weighted by atomic mass is 10.1. The van der Waals surface area contributed by atoms with Gasteiger partial charge in [0.15, 0.2) is 0 Å². The molecule has 1 rings (SSSR count). The van der Waals surface area contributed by atoms with Crippen LogP contribution in [0.25, 0.3) is 0 Å². The van der Waals surface area contributed by atoms with Crippen LogP contribution in [-0.2, 0) is 9.53 Å². The van der Waals surface area contributed by atoms with Crippen LogP contribution in [0.4, 0.5) is 5.69 Å². The van der Waals surface area contributed by atoms with Crippen LogP contribution in [0.5, 0.6) is 0 Å². The minimum atomic E-state index is -0.514. The van der Waals surface area contributed by atoms with Gasteiger partial charge in [0.1, 0.15) is 11.1 Å². The highest BCUT2D eigenvalue weighted by atomic mass is 32.1. The number of rotatable bonds is 4. The fourth-order valence-electron chi connectivity index (χ4n) is 1.15. The van der Waals surface area contributed by atoms with Gasteiger partial charge in [-0.25, -0.2) is 0 Å². The normalized spacial score (nSPS) is 11.9. The fourth-order valence-corrected chi connectivity index (χ4v) is 1.33. The number of thiocarbonyl (C=S) groups is 1. The smallest absolute Gasteiger partial charge is 0.253 e. The summed E-state index contributed by atoms with van der Waals surface area (Å²) in [6, 6.07) is 7.11. The monoisotopic (exact) mass is 238 g/mol. The van der Waals surface area contributed by atoms with Gasteiger partial charge in [0.05, 0.1) is 5.69 Å². The number of nitrogens with one attached hydrogen (secondary N) is 1. The van der Waals surface area contributed by atoms with Crippen molar-refractivity contribution in [2.24, 2.45) is 5.73 Å². The zero-order chi connectivity index (χ0) is 12.1. The standard InChI is InChI=1S/C11H14N2O2S/c1-7(15-2)11(14)13-9-6-4-3-5-8(9)10(12)16/h3-7H,1-2H3,(H2,12,16)(H,13,14). The molecule has 0 aliphatic rings. The maximum absolute atomic E-state index is 11.6. The molecule has 0 bridgehead atoms. The van der Waals surface area contributed by atoms with Gasteiger partial charge in [-0.3, -0.25) is 4.79 Å². The summed E-state index contributed by atoms with van der Waals surface area (Å²) in [4.78, 5) is 11.8. The lowest BCUT2D eigenvalue weighted by Crippen LogP contribution is -2.27. The van der Waals surface area contributed by atoms with Gasteiger partial charge in [-0.05, 0) is 19.1 Å². The van der Waals surface area contributed by atoms with Gasteiger partial charge in [0, 0.05) is 12.7 Å². The van der Waals surface area contributed by atoms with Crippen LogP contribution in [0.3, 0.4) is 0 Å². The summed E-state index contributed by atoms with van der Waals surface area (Å²) in [5.74, 6) is -0.230. The second-order valence-corrected chi connectivity index (χ2v) is 3.72. The molecule has 0 saturated heterocycles. The Bertz CT molecular complexity index is 407. The Morgan fingerprint density at radius 3 is 2.69 bits per heavy atom. The first-order valence-electron chi connectivity index (χ1n) is 4.78. The van der Waals surface area contributed by atoms with Gasteiger partial charge in [0.25, 0.3) is 5.91 Å². The van der Waals surface area contributed by atoms with Gasteiger partial charge in [-0.1, -0.05) is 24.4 Å². The first-order valence-corrected chi connectivity index (χ1v) is 5.19. The van der Waals surface area contributed by atoms with Gasteiger partial charge in [-0.2, -0.15) is 0 Å². The van der Waals surface area contributed by atoms with Crippen molar-refractivity contribution in [2.45, 2.75) is 13.0 Å². The van der Waals surface area contributed by atoms with E-state index in [1.165, 1.54) is 7.11 Å². The Morgan fingerprint density at radius 1 is 1.50 bits per heavy atom. The number of hydrogen-bond donors (Lipinski definition) is 2. The first-order chi connectivity index (χ1) is 7.56. The Kier molecular flexibility index (Phi) is 4.39. The number of hydrogen-bond acceptors (Lipinski definition) is 3. The molecule has 16 heavy (non-hydrogen) atoms. The van der Waals surface area contributed by atoms with Crippen LogP contribution in [-0.4, -0.2) is 24.1 Å². The van der Waals surface area contributed by atoms with E-state index in [9.17, 15) is 4.79 Å². The molecule has 0 heterocycles. The Labute approximate surface area is 99.8 Å². The molecule has 0 spiro atoms. The van der Waals surface area contributed by atoms with Crippen LogP contribution in [0.2, 0.25) is 0 Å². The topological polar surface area (TPSA) is 64.3 Å². The van der Waals surface area contributed by atoms with E-state index in [1.807, 2.05) is 6.07 Å². The van der Waals surface area contributed by atoms with Crippen molar-refractivity contribution in [2.75, 3.05) is 12.4 Å². The second kappa shape index (κ2) is 5.58. The van der Waals surface area contributed by atoms with Crippen molar-refractivity contribution in [1.29, 1.82) is 0 Å². The molecular formula is C11H14N2O2S. The Hall–Kier alpha value is -1.46. The van der Waals surface area contributed by atoms with Crippen molar-refractivity contribution in [3.63, 3.8) is 0 Å². The van der Waals surface area contributed by atoms with E-state index in [4.69, 9.17) is 22.7 Å². The van der Waals surface area contributed by atoms with E-state index in [-0.39, 0.29) is 10.9 Å². The van der Waals surface area contributed by atoms with E-state index in [0.29, 0.717) is 11.3 Å². The van der Waals surface area contributed by atoms with E-state index < -0.39 is 6.10 Å². The summed E-state index contributed by atoms with van der Waals surface area (Å²) in [7, 11) is 1.48. The maximum Gasteiger partial charge on any atom is 0.253 e. The predicted molar refractivity (Wildman–Crippen MR) is 67.4 cm³/mol. The van der Waals surface area contributed by atoms with E-state index >= 15 is 0 Å². The van der Waals surface area contributed by atoms with Gasteiger partial charge in [-0.15, -0.1) is 0 Å². The van der Waals surface area contributed by atoms with Crippen molar-refractivity contribution in [3.8, 4) is 0 Å². The summed E-state index contributed by atoms with van der Waals surface area (Å²) >= 11 is 4.89. The van der Waals surface area contributed by atoms with Crippen LogP contribution in [0.1, 0.15) is 12.5 Å². The summed E-state index contributed by atoms with van der Waals surface area (Å²) in [5.41, 5.74) is 6.80. The number of methoxy groups -OCH3 is 1. The van der Waals surface area contributed by atoms with Gasteiger partial charge >= 0.3 is 0 Å². The molecule has 1 amide bonds. The van der Waals surface area contributed by atoms with Gasteiger partial charge in [0.2, 0.25) is 0 Å². The second-order valence-electron chi connectivity index (χ2n) is 3.28. The van der Waals surface area contributed by atoms with E-state index in [2.05, 4.69) is 5.32 Å². The SMILES string of the molecule is COC(C)C(=O)Nc1ccccc1C(N)=S. The average molecular weight is 238 g/mol. The Morgan fingerprint density at radius 2 is 2.12 bits per heavy atom. The molecule has 0 aliphatic carbocycles. The molecular weight excluding hydrogens is 224 g/mol. The van der Waals surface area contributed by atoms with Crippen LogP contribution in [0.15, 0.2) is 24.3 Å². The number of carbonyl (C=O) groups excluding carboxylic acids is 1. The number of nitrogens with two attached hydrogens (primary N) is 1. The zero-order valence-electron chi connectivity index (χ0n) is 9.19. The lowest BCUT2D eigenvalue weighted by Gasteiger charge is -2.13. The molecule has 1 atom stereocenters. The summed E-state index contributed by atoms with van der Waals surface area (Å²) in [5, 5.41) is 2.71. The van der Waals surface area contributed by atoms with Crippen LogP contribution >= 0.6 is 12.2 Å². The van der Waals surface area contributed by atoms with Gasteiger partial charge < -0.3 is 15.8 Å². The van der Waals surface area contributed by atoms with E-state index in [1.54, 1.807) is 25.1 Å². The summed E-state index contributed by atoms with van der Waals surface area (Å²) < 4.78 is 4.91. The molecule has 0 aromatic heterocycles. The maximum atomic E-state index is 11.6. The summed E-state index contributed by atoms with van der Waals surface area (Å²) in [6.45, 7) is 1.67. The van der Waals surface area contributed by atoms with Crippen molar-refractivity contribution < 1.29 is 9.53 Å². The zero-order valence-corrected chi connectivity index (χ0v) is 10.0. The average Bonchev–Trinajstić information content (AvgIpc) is 2.28. The number of amides is 1. The molecule has 0 radical (unpaired) electrons. The molecule has 0 aliphatic heterocycles. The molecule has 1 aromatic rings. The van der Waals surface area contributed by atoms with Crippen molar-refractivity contribution in [1.82, 2.24) is 0 Å². The highest BCUT2D eigenvalue weighted by Crippen LogP contribution is 2.15. The lowest BCUT2D eigenvalue weighted by molar-refractivity contribution is -0.124. The molecule has 0 fully saturated rings. The highest BCUT2D eigenvalue weighted by Gasteiger charge is 2.13. The molecule has 1 aromatic carbocycles. The number of benzene rings is 1. The molecule has 86 valence electrons. The molecule has 1 unspecified atom stereocenters. The predicted octanol–water partition coefficient (Wildman–Crippen LogP) is 1.29. The number of carbonyl (C=O) groups is 1. The fraction of sp³-hybridized carbons (Fsp3) is 0.273. The van der Waals surface area contributed by atoms with Crippen molar-refractivity contribution in [3.05, 3.63) is 29.8 Å². The minimum Gasteiger partial charge on any atom is -0.389 e. The van der Waals surface area contributed by atoms with Crippen LogP contribution in [0, 0.1) is 0 Å². The molecule has 4 nitrogen and oxygen atoms in total. The number of para-hydroxylation sites is 1. The third kappa shape index (κ3) is 3.01. The van der Waals surface area contributed by atoms with Crippen LogP contribution < -0.4 is 11.1 Å². The third-order valence-corrected chi connectivity index (χ3v) is 2.39. The quantitative estimate of drug-likeness (QED) is 0.776. The molecule has 5 heteroatoms. The third-order valence-electron chi connectivity index (χ3n) is 2.17. The largest absolute Gasteiger partial charge is 0.389 e. The highest BCUT2D eigenvalue weighted by molar-refractivity contribution is 7.80. The summed E-state index contributed by atoms with van der Waals surface area (Å²) in [6.07, 6.45) is -0.514. The first kappa shape index (κ1) is 12.6. The number of anilines is 1. The molecule has 3 N–H and O–H groups in total. The van der Waals surface area contributed by atoms with Crippen molar-refractivity contribution >= 4 is 28.8 Å². The molecule has 0 saturated carbocycles. The number of ether oxygens (including phenoxy) is 1.